The first-order chi connectivity index (χ1) is 32.9. The lowest BCUT2D eigenvalue weighted by atomic mass is 9.99. The predicted molar refractivity (Wildman–Crippen MR) is 261 cm³/mol. The van der Waals surface area contributed by atoms with E-state index in [1.165, 1.54) is 20.2 Å². The van der Waals surface area contributed by atoms with E-state index in [9.17, 15) is 24.0 Å². The van der Waals surface area contributed by atoms with Crippen LogP contribution in [0.1, 0.15) is 76.9 Å². The van der Waals surface area contributed by atoms with Crippen molar-refractivity contribution in [3.63, 3.8) is 0 Å². The number of hydrogen-bond donors (Lipinski definition) is 6. The number of ether oxygens (including phenoxy) is 3. The molecule has 0 bridgehead atoms. The van der Waals surface area contributed by atoms with E-state index in [2.05, 4.69) is 51.7 Å². The normalized spacial score (nSPS) is 16.1. The van der Waals surface area contributed by atoms with Crippen LogP contribution in [0.2, 0.25) is 0 Å². The number of benzene rings is 1. The van der Waals surface area contributed by atoms with E-state index in [4.69, 9.17) is 14.2 Å². The zero-order valence-electron chi connectivity index (χ0n) is 39.6. The van der Waals surface area contributed by atoms with E-state index in [1.807, 2.05) is 48.8 Å². The molecule has 3 amide bonds. The van der Waals surface area contributed by atoms with Gasteiger partial charge in [0.05, 0.1) is 81.4 Å². The average Bonchev–Trinajstić information content (AvgIpc) is 3.86. The highest BCUT2D eigenvalue weighted by molar-refractivity contribution is 6.10. The van der Waals surface area contributed by atoms with Gasteiger partial charge in [0.2, 0.25) is 11.8 Å². The summed E-state index contributed by atoms with van der Waals surface area (Å²) in [6, 6.07) is 12.5. The molecule has 7 rings (SSSR count). The van der Waals surface area contributed by atoms with Crippen LogP contribution in [-0.2, 0) is 25.6 Å². The quantitative estimate of drug-likeness (QED) is 0.0516. The summed E-state index contributed by atoms with van der Waals surface area (Å²) in [5, 5.41) is 18.9. The Labute approximate surface area is 396 Å². The van der Waals surface area contributed by atoms with Crippen LogP contribution in [0.25, 0.3) is 0 Å². The lowest BCUT2D eigenvalue weighted by Gasteiger charge is -2.36. The van der Waals surface area contributed by atoms with Gasteiger partial charge in [-0.05, 0) is 74.7 Å². The topological polar surface area (TPSA) is 226 Å². The number of nitrogens with one attached hydrogen (secondary N) is 6. The fourth-order valence-electron chi connectivity index (χ4n) is 8.70. The fraction of sp³-hybridized carbons (Fsp3) is 0.479. The highest BCUT2D eigenvalue weighted by atomic mass is 16.5. The Balaban J connectivity index is 0.758. The Morgan fingerprint density at radius 3 is 2.28 bits per heavy atom. The number of aromatic nitrogens is 3. The van der Waals surface area contributed by atoms with Gasteiger partial charge in [0, 0.05) is 70.7 Å². The van der Waals surface area contributed by atoms with Gasteiger partial charge in [0.1, 0.15) is 23.2 Å². The molecule has 68 heavy (non-hydrogen) atoms. The number of ketones is 1. The molecule has 1 atom stereocenters. The number of Topliss-reactive ketones (excluding diaryl/α,β-unsaturated/α-hetero) is 1. The summed E-state index contributed by atoms with van der Waals surface area (Å²) in [7, 11) is 5.27. The number of piperazine rings is 1. The molecule has 5 heterocycles. The molecule has 3 aromatic heterocycles. The van der Waals surface area contributed by atoms with Gasteiger partial charge in [-0.1, -0.05) is 12.8 Å². The van der Waals surface area contributed by atoms with Gasteiger partial charge in [-0.15, -0.1) is 0 Å². The standard InChI is InChI=1S/C48H64N12O8/c1-31-38-29-52-48(56-45(38)60(33-8-6-7-9-33)47(65)44(31)32(2)61)55-41-14-11-35(27-50-41)59-20-18-58(19-21-59)30-43(63)49-17-23-68-25-24-67-22-16-42(62)53-39-26-34(57(3)4)10-13-37(39)46(64)54-40-15-12-36(66-5)28-51-40/h10-15,26-28,33,48,52,56H,6-9,16-25,29-30H2,1-5H3,(H,49,63)(H,50,55)(H,53,62)(H,51,54,64). The number of fused-ring (bicyclic) bond motifs is 1. The van der Waals surface area contributed by atoms with Crippen molar-refractivity contribution >= 4 is 58.0 Å². The van der Waals surface area contributed by atoms with E-state index in [0.717, 1.165) is 80.2 Å². The summed E-state index contributed by atoms with van der Waals surface area (Å²) < 4.78 is 18.2. The number of amides is 3. The first kappa shape index (κ1) is 49.3. The van der Waals surface area contributed by atoms with Crippen molar-refractivity contribution in [1.82, 2.24) is 30.1 Å². The molecule has 364 valence electrons. The lowest BCUT2D eigenvalue weighted by molar-refractivity contribution is -0.122. The fourth-order valence-corrected chi connectivity index (χ4v) is 8.70. The number of hydrogen-bond acceptors (Lipinski definition) is 16. The molecule has 20 nitrogen and oxygen atoms in total. The number of methoxy groups -OCH3 is 1. The van der Waals surface area contributed by atoms with Crippen molar-refractivity contribution in [2.24, 2.45) is 0 Å². The van der Waals surface area contributed by atoms with E-state index < -0.39 is 5.91 Å². The van der Waals surface area contributed by atoms with E-state index in [1.54, 1.807) is 30.3 Å². The summed E-state index contributed by atoms with van der Waals surface area (Å²) >= 11 is 0. The predicted octanol–water partition coefficient (Wildman–Crippen LogP) is 3.80. The molecule has 0 spiro atoms. The Kier molecular flexibility index (Phi) is 17.0. The van der Waals surface area contributed by atoms with Gasteiger partial charge in [-0.2, -0.15) is 0 Å². The number of carbonyl (C=O) groups excluding carboxylic acids is 4. The third-order valence-electron chi connectivity index (χ3n) is 12.4. The Morgan fingerprint density at radius 1 is 0.868 bits per heavy atom. The smallest absolute Gasteiger partial charge is 0.263 e. The van der Waals surface area contributed by atoms with Gasteiger partial charge in [0.25, 0.3) is 11.5 Å². The number of anilines is 6. The van der Waals surface area contributed by atoms with Crippen molar-refractivity contribution in [3.05, 3.63) is 87.5 Å². The highest BCUT2D eigenvalue weighted by Gasteiger charge is 2.31. The SMILES string of the molecule is COc1ccc(NC(=O)c2ccc(N(C)C)cc2NC(=O)CCOCCOCCNC(=O)CN2CCN(c3ccc(NC4NCc5c(C)c(C(C)=O)c(=O)n(C6CCCC6)c5N4)nc3)CC2)nc1. The zero-order chi connectivity index (χ0) is 48.2. The molecule has 1 aromatic carbocycles. The van der Waals surface area contributed by atoms with Crippen molar-refractivity contribution in [2.75, 3.05) is 118 Å². The maximum Gasteiger partial charge on any atom is 0.263 e. The maximum atomic E-state index is 13.6. The molecule has 2 aliphatic heterocycles. The van der Waals surface area contributed by atoms with Crippen molar-refractivity contribution in [2.45, 2.75) is 64.8 Å². The molecule has 6 N–H and O–H groups in total. The zero-order valence-corrected chi connectivity index (χ0v) is 39.6. The van der Waals surface area contributed by atoms with Gasteiger partial charge < -0.3 is 50.6 Å². The summed E-state index contributed by atoms with van der Waals surface area (Å²) in [6.07, 6.45) is 7.01. The second-order valence-corrected chi connectivity index (χ2v) is 17.3. The molecule has 20 heteroatoms. The minimum absolute atomic E-state index is 0.0684. The largest absolute Gasteiger partial charge is 0.495 e. The third kappa shape index (κ3) is 12.7. The minimum atomic E-state index is -0.423. The number of nitrogens with zero attached hydrogens (tertiary/aromatic N) is 6. The molecule has 3 aliphatic rings. The van der Waals surface area contributed by atoms with E-state index >= 15 is 0 Å². The van der Waals surface area contributed by atoms with Crippen molar-refractivity contribution in [1.29, 1.82) is 0 Å². The van der Waals surface area contributed by atoms with E-state index in [0.29, 0.717) is 55.9 Å². The van der Waals surface area contributed by atoms with Crippen molar-refractivity contribution < 1.29 is 33.4 Å². The van der Waals surface area contributed by atoms with Crippen LogP contribution < -0.4 is 52.0 Å². The Morgan fingerprint density at radius 2 is 1.60 bits per heavy atom. The molecule has 0 radical (unpaired) electrons. The van der Waals surface area contributed by atoms with Gasteiger partial charge >= 0.3 is 0 Å². The van der Waals surface area contributed by atoms with Crippen LogP contribution in [0.5, 0.6) is 5.75 Å². The minimum Gasteiger partial charge on any atom is -0.495 e. The highest BCUT2D eigenvalue weighted by Crippen LogP contribution is 2.35. The second-order valence-electron chi connectivity index (χ2n) is 17.3. The van der Waals surface area contributed by atoms with Crippen LogP contribution in [0.4, 0.5) is 34.5 Å². The van der Waals surface area contributed by atoms with E-state index in [-0.39, 0.29) is 66.2 Å². The molecular formula is C48H64N12O8. The summed E-state index contributed by atoms with van der Waals surface area (Å²) in [5.74, 6) is 1.34. The molecule has 1 aliphatic carbocycles. The van der Waals surface area contributed by atoms with Gasteiger partial charge in [-0.3, -0.25) is 38.8 Å². The summed E-state index contributed by atoms with van der Waals surface area (Å²) in [5.41, 5.74) is 4.19. The monoisotopic (exact) mass is 936 g/mol. The van der Waals surface area contributed by atoms with Crippen LogP contribution >= 0.6 is 0 Å². The molecular weight excluding hydrogens is 873 g/mol. The molecule has 1 unspecified atom stereocenters. The van der Waals surface area contributed by atoms with Crippen LogP contribution in [0.3, 0.4) is 0 Å². The lowest BCUT2D eigenvalue weighted by Crippen LogP contribution is -2.50. The van der Waals surface area contributed by atoms with Crippen molar-refractivity contribution in [3.8, 4) is 5.75 Å². The Bertz CT molecular complexity index is 2450. The molecule has 4 aromatic rings. The first-order valence-corrected chi connectivity index (χ1v) is 23.2. The van der Waals surface area contributed by atoms with Gasteiger partial charge in [0.15, 0.2) is 12.1 Å². The number of pyridine rings is 3. The maximum absolute atomic E-state index is 13.6. The Hall–Kier alpha value is -6.61. The van der Waals surface area contributed by atoms with Crippen LogP contribution in [0, 0.1) is 6.92 Å². The number of carbonyl (C=O) groups is 4. The molecule has 1 saturated carbocycles. The number of rotatable bonds is 21. The van der Waals surface area contributed by atoms with Crippen LogP contribution in [0.15, 0.2) is 59.7 Å². The average molecular weight is 937 g/mol. The van der Waals surface area contributed by atoms with Gasteiger partial charge in [-0.25, -0.2) is 9.97 Å². The molecule has 2 fully saturated rings. The summed E-state index contributed by atoms with van der Waals surface area (Å²) in [6.45, 7) is 8.49. The molecule has 1 saturated heterocycles. The third-order valence-corrected chi connectivity index (χ3v) is 12.4. The first-order valence-electron chi connectivity index (χ1n) is 23.2. The van der Waals surface area contributed by atoms with Crippen LogP contribution in [-0.4, -0.2) is 136 Å². The second kappa shape index (κ2) is 23.4. The summed E-state index contributed by atoms with van der Waals surface area (Å²) in [4.78, 5) is 79.9.